The van der Waals surface area contributed by atoms with Gasteiger partial charge < -0.3 is 5.32 Å². The van der Waals surface area contributed by atoms with Gasteiger partial charge in [0.15, 0.2) is 0 Å². The van der Waals surface area contributed by atoms with Crippen LogP contribution in [0.2, 0.25) is 0 Å². The van der Waals surface area contributed by atoms with Crippen molar-refractivity contribution in [1.29, 1.82) is 0 Å². The van der Waals surface area contributed by atoms with E-state index < -0.39 is 0 Å². The minimum Gasteiger partial charge on any atom is -0.355 e. The summed E-state index contributed by atoms with van der Waals surface area (Å²) in [4.78, 5) is 3.85. The van der Waals surface area contributed by atoms with Gasteiger partial charge in [-0.15, -0.1) is 0 Å². The van der Waals surface area contributed by atoms with Crippen LogP contribution in [0.3, 0.4) is 0 Å². The van der Waals surface area contributed by atoms with Gasteiger partial charge in [0, 0.05) is 13.6 Å². The zero-order valence-electron chi connectivity index (χ0n) is 8.63. The highest BCUT2D eigenvalue weighted by Gasteiger charge is 1.96. The molecule has 0 atom stereocenters. The Hall–Kier alpha value is -1.62. The second kappa shape index (κ2) is 5.98. The summed E-state index contributed by atoms with van der Waals surface area (Å²) >= 11 is 0. The molecule has 0 aliphatic rings. The van der Waals surface area contributed by atoms with Crippen LogP contribution >= 0.6 is 0 Å². The van der Waals surface area contributed by atoms with Crippen LogP contribution < -0.4 is 16.6 Å². The van der Waals surface area contributed by atoms with E-state index >= 15 is 0 Å². The van der Waals surface area contributed by atoms with E-state index in [1.807, 2.05) is 6.07 Å². The van der Waals surface area contributed by atoms with Gasteiger partial charge in [-0.3, -0.25) is 10.4 Å². The molecule has 15 heavy (non-hydrogen) atoms. The first-order chi connectivity index (χ1) is 7.26. The van der Waals surface area contributed by atoms with Crippen molar-refractivity contribution in [3.63, 3.8) is 0 Å². The highest BCUT2D eigenvalue weighted by Crippen LogP contribution is 2.03. The van der Waals surface area contributed by atoms with E-state index in [1.165, 1.54) is 12.1 Å². The lowest BCUT2D eigenvalue weighted by Crippen LogP contribution is -2.42. The molecule has 0 saturated heterocycles. The molecule has 0 unspecified atom stereocenters. The average molecular weight is 210 g/mol. The Labute approximate surface area is 88.4 Å². The molecule has 4 N–H and O–H groups in total. The van der Waals surface area contributed by atoms with E-state index in [-0.39, 0.29) is 5.82 Å². The molecule has 0 fully saturated rings. The lowest BCUT2D eigenvalue weighted by Gasteiger charge is -2.07. The smallest absolute Gasteiger partial charge is 0.205 e. The highest BCUT2D eigenvalue weighted by atomic mass is 19.1. The maximum atomic E-state index is 12.8. The molecule has 0 aromatic heterocycles. The highest BCUT2D eigenvalue weighted by molar-refractivity contribution is 5.78. The fraction of sp³-hybridized carbons (Fsp3) is 0.300. The second-order valence-electron chi connectivity index (χ2n) is 3.02. The Kier molecular flexibility index (Phi) is 4.56. The lowest BCUT2D eigenvalue weighted by atomic mass is 10.1. The van der Waals surface area contributed by atoms with E-state index in [0.29, 0.717) is 12.5 Å². The van der Waals surface area contributed by atoms with Crippen molar-refractivity contribution in [1.82, 2.24) is 10.7 Å². The Bertz CT molecular complexity index is 338. The zero-order chi connectivity index (χ0) is 11.1. The molecular weight excluding hydrogens is 195 g/mol. The van der Waals surface area contributed by atoms with Gasteiger partial charge in [0.25, 0.3) is 0 Å². The molecule has 0 radical (unpaired) electrons. The van der Waals surface area contributed by atoms with E-state index in [2.05, 4.69) is 15.7 Å². The van der Waals surface area contributed by atoms with Gasteiger partial charge >= 0.3 is 0 Å². The van der Waals surface area contributed by atoms with Gasteiger partial charge in [-0.05, 0) is 24.1 Å². The van der Waals surface area contributed by atoms with Crippen LogP contribution in [-0.2, 0) is 6.42 Å². The normalized spacial score (nSPS) is 11.3. The predicted molar refractivity (Wildman–Crippen MR) is 58.8 cm³/mol. The summed E-state index contributed by atoms with van der Waals surface area (Å²) in [6.07, 6.45) is 0.721. The van der Waals surface area contributed by atoms with Crippen molar-refractivity contribution in [3.8, 4) is 0 Å². The summed E-state index contributed by atoms with van der Waals surface area (Å²) in [6.45, 7) is 0.653. The van der Waals surface area contributed by atoms with Gasteiger partial charge in [-0.1, -0.05) is 12.1 Å². The van der Waals surface area contributed by atoms with Crippen LogP contribution in [0.5, 0.6) is 0 Å². The molecule has 4 nitrogen and oxygen atoms in total. The second-order valence-corrected chi connectivity index (χ2v) is 3.02. The number of halogens is 1. The third kappa shape index (κ3) is 3.95. The van der Waals surface area contributed by atoms with Gasteiger partial charge in [0.1, 0.15) is 5.82 Å². The molecule has 0 bridgehead atoms. The van der Waals surface area contributed by atoms with Crippen molar-refractivity contribution in [2.24, 2.45) is 10.8 Å². The first kappa shape index (κ1) is 11.5. The Morgan fingerprint density at radius 2 is 2.33 bits per heavy atom. The molecule has 1 aromatic carbocycles. The molecule has 82 valence electrons. The predicted octanol–water partition coefficient (Wildman–Crippen LogP) is 0.407. The third-order valence-electron chi connectivity index (χ3n) is 1.96. The van der Waals surface area contributed by atoms with Crippen molar-refractivity contribution in [3.05, 3.63) is 35.6 Å². The number of aliphatic imine (C=N–C) groups is 1. The Balaban J connectivity index is 2.38. The molecule has 0 spiro atoms. The summed E-state index contributed by atoms with van der Waals surface area (Å²) in [6, 6.07) is 6.52. The molecule has 0 saturated carbocycles. The van der Waals surface area contributed by atoms with Crippen LogP contribution in [0.15, 0.2) is 29.3 Å². The largest absolute Gasteiger partial charge is 0.355 e. The number of hydrogen-bond donors (Lipinski definition) is 3. The summed E-state index contributed by atoms with van der Waals surface area (Å²) in [5.41, 5.74) is 3.35. The molecule has 1 rings (SSSR count). The summed E-state index contributed by atoms with van der Waals surface area (Å²) in [7, 11) is 1.63. The maximum absolute atomic E-state index is 12.8. The van der Waals surface area contributed by atoms with Crippen LogP contribution in [0.4, 0.5) is 4.39 Å². The Morgan fingerprint density at radius 1 is 1.53 bits per heavy atom. The first-order valence-corrected chi connectivity index (χ1v) is 4.68. The van der Waals surface area contributed by atoms with Gasteiger partial charge in [0.05, 0.1) is 0 Å². The molecule has 1 aromatic rings. The number of nitrogens with zero attached hydrogens (tertiary/aromatic N) is 1. The topological polar surface area (TPSA) is 62.4 Å². The SMILES string of the molecule is CN=C(NN)NCCc1cccc(F)c1. The van der Waals surface area contributed by atoms with Crippen molar-refractivity contribution >= 4 is 5.96 Å². The monoisotopic (exact) mass is 210 g/mol. The summed E-state index contributed by atoms with van der Waals surface area (Å²) < 4.78 is 12.8. The molecule has 0 heterocycles. The van der Waals surface area contributed by atoms with Gasteiger partial charge in [-0.25, -0.2) is 10.2 Å². The number of hydrazine groups is 1. The fourth-order valence-electron chi connectivity index (χ4n) is 1.21. The van der Waals surface area contributed by atoms with E-state index in [4.69, 9.17) is 5.84 Å². The molecule has 5 heteroatoms. The van der Waals surface area contributed by atoms with E-state index in [0.717, 1.165) is 12.0 Å². The van der Waals surface area contributed by atoms with Gasteiger partial charge in [0.2, 0.25) is 5.96 Å². The molecular formula is C10H15FN4. The average Bonchev–Trinajstić information content (AvgIpc) is 2.25. The quantitative estimate of drug-likeness (QED) is 0.293. The van der Waals surface area contributed by atoms with Crippen molar-refractivity contribution in [2.45, 2.75) is 6.42 Å². The van der Waals surface area contributed by atoms with Crippen LogP contribution in [0.1, 0.15) is 5.56 Å². The van der Waals surface area contributed by atoms with Crippen molar-refractivity contribution < 1.29 is 4.39 Å². The first-order valence-electron chi connectivity index (χ1n) is 4.68. The standard InChI is InChI=1S/C10H15FN4/c1-13-10(15-12)14-6-5-8-3-2-4-9(11)7-8/h2-4,7H,5-6,12H2,1H3,(H2,13,14,15). The van der Waals surface area contributed by atoms with Crippen LogP contribution in [0.25, 0.3) is 0 Å². The molecule has 0 amide bonds. The number of rotatable bonds is 3. The number of nitrogens with two attached hydrogens (primary N) is 1. The van der Waals surface area contributed by atoms with E-state index in [1.54, 1.807) is 13.1 Å². The van der Waals surface area contributed by atoms with Crippen LogP contribution in [0, 0.1) is 5.82 Å². The molecule has 0 aliphatic carbocycles. The van der Waals surface area contributed by atoms with E-state index in [9.17, 15) is 4.39 Å². The number of hydrogen-bond acceptors (Lipinski definition) is 2. The minimum absolute atomic E-state index is 0.214. The molecule has 0 aliphatic heterocycles. The number of guanidine groups is 1. The van der Waals surface area contributed by atoms with Gasteiger partial charge in [-0.2, -0.15) is 0 Å². The van der Waals surface area contributed by atoms with Crippen molar-refractivity contribution in [2.75, 3.05) is 13.6 Å². The minimum atomic E-state index is -0.214. The number of nitrogens with one attached hydrogen (secondary N) is 2. The fourth-order valence-corrected chi connectivity index (χ4v) is 1.21. The third-order valence-corrected chi connectivity index (χ3v) is 1.96. The summed E-state index contributed by atoms with van der Waals surface area (Å²) in [5, 5.41) is 2.98. The summed E-state index contributed by atoms with van der Waals surface area (Å²) in [5.74, 6) is 5.49. The zero-order valence-corrected chi connectivity index (χ0v) is 8.63. The van der Waals surface area contributed by atoms with Crippen LogP contribution in [-0.4, -0.2) is 19.6 Å². The lowest BCUT2D eigenvalue weighted by molar-refractivity contribution is 0.625. The maximum Gasteiger partial charge on any atom is 0.205 e. The number of benzene rings is 1. The Morgan fingerprint density at radius 3 is 2.93 bits per heavy atom.